The zero-order valence-electron chi connectivity index (χ0n) is 20.4. The minimum atomic E-state index is -0.656. The first-order valence-electron chi connectivity index (χ1n) is 12.2. The number of rotatable bonds is 20. The van der Waals surface area contributed by atoms with Gasteiger partial charge in [0.15, 0.2) is 0 Å². The van der Waals surface area contributed by atoms with Crippen molar-refractivity contribution < 1.29 is 9.47 Å². The van der Waals surface area contributed by atoms with Crippen molar-refractivity contribution in [3.63, 3.8) is 0 Å². The maximum absolute atomic E-state index is 6.22. The van der Waals surface area contributed by atoms with Gasteiger partial charge in [0.2, 0.25) is 5.91 Å². The van der Waals surface area contributed by atoms with Crippen LogP contribution in [0.5, 0.6) is 0 Å². The smallest absolute Gasteiger partial charge is 0.245 e. The largest absolute Gasteiger partial charge is 0.339 e. The molecule has 0 aliphatic heterocycles. The summed E-state index contributed by atoms with van der Waals surface area (Å²) in [7, 11) is 3.67. The summed E-state index contributed by atoms with van der Waals surface area (Å²) >= 11 is 0. The number of methoxy groups -OCH3 is 2. The molecule has 0 heterocycles. The van der Waals surface area contributed by atoms with Crippen molar-refractivity contribution in [3.05, 3.63) is 0 Å². The van der Waals surface area contributed by atoms with E-state index >= 15 is 0 Å². The summed E-state index contributed by atoms with van der Waals surface area (Å²) in [6.07, 6.45) is 13.9. The Morgan fingerprint density at radius 2 is 1.18 bits per heavy atom. The number of unbranched alkanes of at least 4 members (excludes halogenated alkanes) is 7. The minimum absolute atomic E-state index is 0.266. The molecular formula is C24H52N2O2. The normalized spacial score (nSPS) is 13.6. The first-order chi connectivity index (χ1) is 13.6. The molecule has 4 nitrogen and oxygen atoms in total. The van der Waals surface area contributed by atoms with E-state index < -0.39 is 5.91 Å². The molecule has 0 aliphatic carbocycles. The van der Waals surface area contributed by atoms with Gasteiger partial charge in [-0.15, -0.1) is 0 Å². The summed E-state index contributed by atoms with van der Waals surface area (Å²) in [6, 6.07) is 0.266. The van der Waals surface area contributed by atoms with Crippen LogP contribution in [0.4, 0.5) is 0 Å². The van der Waals surface area contributed by atoms with Crippen LogP contribution in [-0.4, -0.2) is 62.2 Å². The molecule has 1 atom stereocenters. The Morgan fingerprint density at radius 1 is 0.643 bits per heavy atom. The molecule has 0 N–H and O–H groups in total. The Morgan fingerprint density at radius 3 is 1.68 bits per heavy atom. The first-order valence-corrected chi connectivity index (χ1v) is 12.2. The lowest BCUT2D eigenvalue weighted by Gasteiger charge is -2.49. The van der Waals surface area contributed by atoms with E-state index in [0.29, 0.717) is 0 Å². The fraction of sp³-hybridized carbons (Fsp3) is 1.00. The summed E-state index contributed by atoms with van der Waals surface area (Å²) in [6.45, 7) is 15.4. The Balaban J connectivity index is 5.43. The maximum Gasteiger partial charge on any atom is 0.245 e. The van der Waals surface area contributed by atoms with E-state index in [-0.39, 0.29) is 6.04 Å². The number of likely N-dealkylation sites (N-methyl/N-ethyl adjacent to an activating group) is 2. The molecular weight excluding hydrogens is 348 g/mol. The molecule has 0 amide bonds. The van der Waals surface area contributed by atoms with Gasteiger partial charge in [0.05, 0.1) is 6.04 Å². The Kier molecular flexibility index (Phi) is 17.6. The third-order valence-electron chi connectivity index (χ3n) is 6.09. The molecule has 0 aromatic heterocycles. The second kappa shape index (κ2) is 17.7. The number of ether oxygens (including phenoxy) is 2. The molecule has 0 fully saturated rings. The molecule has 28 heavy (non-hydrogen) atoms. The lowest BCUT2D eigenvalue weighted by Crippen LogP contribution is -2.65. The van der Waals surface area contributed by atoms with Gasteiger partial charge in [0.1, 0.15) is 0 Å². The van der Waals surface area contributed by atoms with E-state index in [4.69, 9.17) is 9.47 Å². The van der Waals surface area contributed by atoms with Crippen LogP contribution in [-0.2, 0) is 9.47 Å². The lowest BCUT2D eigenvalue weighted by molar-refractivity contribution is -0.325. The molecule has 4 heteroatoms. The second-order valence-electron chi connectivity index (χ2n) is 8.03. The van der Waals surface area contributed by atoms with E-state index in [1.165, 1.54) is 64.2 Å². The predicted molar refractivity (Wildman–Crippen MR) is 123 cm³/mol. The Labute approximate surface area is 177 Å². The van der Waals surface area contributed by atoms with Gasteiger partial charge in [0, 0.05) is 27.3 Å². The van der Waals surface area contributed by atoms with E-state index in [9.17, 15) is 0 Å². The molecule has 0 aromatic rings. The highest BCUT2D eigenvalue weighted by molar-refractivity contribution is 4.88. The topological polar surface area (TPSA) is 24.9 Å². The molecule has 1 unspecified atom stereocenters. The molecule has 0 spiro atoms. The van der Waals surface area contributed by atoms with Crippen molar-refractivity contribution in [1.29, 1.82) is 0 Å². The molecule has 0 rings (SSSR count). The van der Waals surface area contributed by atoms with E-state index in [2.05, 4.69) is 44.4 Å². The van der Waals surface area contributed by atoms with Gasteiger partial charge in [-0.1, -0.05) is 86.0 Å². The van der Waals surface area contributed by atoms with Crippen LogP contribution in [0.2, 0.25) is 0 Å². The fourth-order valence-electron chi connectivity index (χ4n) is 4.32. The van der Waals surface area contributed by atoms with Crippen molar-refractivity contribution in [1.82, 2.24) is 9.80 Å². The van der Waals surface area contributed by atoms with Crippen LogP contribution in [0.25, 0.3) is 0 Å². The molecule has 0 saturated heterocycles. The van der Waals surface area contributed by atoms with Crippen LogP contribution in [0.1, 0.15) is 105 Å². The highest BCUT2D eigenvalue weighted by atomic mass is 16.7. The van der Waals surface area contributed by atoms with Gasteiger partial charge < -0.3 is 9.47 Å². The quantitative estimate of drug-likeness (QED) is 0.177. The molecule has 170 valence electrons. The number of hydrogen-bond donors (Lipinski definition) is 0. The summed E-state index contributed by atoms with van der Waals surface area (Å²) in [5.41, 5.74) is 0. The van der Waals surface area contributed by atoms with Gasteiger partial charge in [0.25, 0.3) is 0 Å². The highest BCUT2D eigenvalue weighted by Gasteiger charge is 2.46. The van der Waals surface area contributed by atoms with Crippen LogP contribution in [0, 0.1) is 0 Å². The van der Waals surface area contributed by atoms with Crippen molar-refractivity contribution in [2.75, 3.05) is 40.4 Å². The average Bonchev–Trinajstić information content (AvgIpc) is 2.73. The van der Waals surface area contributed by atoms with Crippen molar-refractivity contribution in [2.24, 2.45) is 0 Å². The summed E-state index contributed by atoms with van der Waals surface area (Å²) < 4.78 is 12.4. The van der Waals surface area contributed by atoms with Crippen LogP contribution < -0.4 is 0 Å². The molecule has 0 aliphatic rings. The van der Waals surface area contributed by atoms with E-state index in [0.717, 1.165) is 32.6 Å². The summed E-state index contributed by atoms with van der Waals surface area (Å²) in [5, 5.41) is 0. The van der Waals surface area contributed by atoms with Crippen molar-refractivity contribution >= 4 is 0 Å². The zero-order valence-corrected chi connectivity index (χ0v) is 20.4. The average molecular weight is 401 g/mol. The lowest BCUT2D eigenvalue weighted by atomic mass is 9.99. The van der Waals surface area contributed by atoms with Gasteiger partial charge in [-0.05, 0) is 32.4 Å². The third-order valence-corrected chi connectivity index (χ3v) is 6.09. The van der Waals surface area contributed by atoms with E-state index in [1.54, 1.807) is 0 Å². The van der Waals surface area contributed by atoms with Gasteiger partial charge in [-0.25, -0.2) is 0 Å². The van der Waals surface area contributed by atoms with Crippen molar-refractivity contribution in [3.8, 4) is 0 Å². The molecule has 0 aromatic carbocycles. The predicted octanol–water partition coefficient (Wildman–Crippen LogP) is 6.30. The third kappa shape index (κ3) is 9.11. The van der Waals surface area contributed by atoms with Crippen LogP contribution in [0.3, 0.4) is 0 Å². The molecule has 0 radical (unpaired) electrons. The highest BCUT2D eigenvalue weighted by Crippen LogP contribution is 2.31. The zero-order chi connectivity index (χ0) is 21.3. The standard InChI is InChI=1S/C24H52N2O2/c1-8-13-16-17-18-19-20-23(25(11-4)21-14-9-2)24(27-6,28-7)26(12-5)22-15-10-3/h23H,8-22H2,1-7H3. The minimum Gasteiger partial charge on any atom is -0.339 e. The van der Waals surface area contributed by atoms with E-state index in [1.807, 2.05) is 14.2 Å². The Bertz CT molecular complexity index is 335. The summed E-state index contributed by atoms with van der Waals surface area (Å²) in [4.78, 5) is 5.03. The maximum atomic E-state index is 6.22. The van der Waals surface area contributed by atoms with Crippen LogP contribution >= 0.6 is 0 Å². The monoisotopic (exact) mass is 400 g/mol. The second-order valence-corrected chi connectivity index (χ2v) is 8.03. The first kappa shape index (κ1) is 27.8. The van der Waals surface area contributed by atoms with Crippen LogP contribution in [0.15, 0.2) is 0 Å². The molecule has 0 saturated carbocycles. The molecule has 0 bridgehead atoms. The van der Waals surface area contributed by atoms with Gasteiger partial charge in [-0.2, -0.15) is 0 Å². The fourth-order valence-corrected chi connectivity index (χ4v) is 4.32. The number of nitrogens with zero attached hydrogens (tertiary/aromatic N) is 2. The Hall–Kier alpha value is -0.160. The number of hydrogen-bond acceptors (Lipinski definition) is 4. The van der Waals surface area contributed by atoms with Gasteiger partial charge >= 0.3 is 0 Å². The summed E-state index contributed by atoms with van der Waals surface area (Å²) in [5.74, 6) is -0.656. The SMILES string of the molecule is CCCCCCCCC(N(CC)CCCC)C(OC)(OC)N(CC)CCCC. The van der Waals surface area contributed by atoms with Gasteiger partial charge in [-0.3, -0.25) is 9.80 Å². The van der Waals surface area contributed by atoms with Crippen molar-refractivity contribution in [2.45, 2.75) is 117 Å².